The van der Waals surface area contributed by atoms with Gasteiger partial charge >= 0.3 is 11.9 Å². The molecule has 6 heteroatoms. The molecular formula is C20H38O6. The Morgan fingerprint density at radius 3 is 2.08 bits per heavy atom. The Morgan fingerprint density at radius 1 is 1.15 bits per heavy atom. The van der Waals surface area contributed by atoms with Crippen molar-refractivity contribution in [2.45, 2.75) is 111 Å². The van der Waals surface area contributed by atoms with Gasteiger partial charge in [-0.15, -0.1) is 0 Å². The molecule has 26 heavy (non-hydrogen) atoms. The summed E-state index contributed by atoms with van der Waals surface area (Å²) in [7, 11) is 0. The summed E-state index contributed by atoms with van der Waals surface area (Å²) in [4.78, 5) is 32.6. The smallest absolute Gasteiger partial charge is 0.345 e. The lowest BCUT2D eigenvalue weighted by Gasteiger charge is -2.45. The third kappa shape index (κ3) is 7.62. The van der Waals surface area contributed by atoms with Gasteiger partial charge in [0.25, 0.3) is 0 Å². The summed E-state index contributed by atoms with van der Waals surface area (Å²) in [5, 5.41) is 8.60. The van der Waals surface area contributed by atoms with Crippen LogP contribution in [0.15, 0.2) is 0 Å². The summed E-state index contributed by atoms with van der Waals surface area (Å²) < 4.78 is 5.37. The summed E-state index contributed by atoms with van der Waals surface area (Å²) in [6, 6.07) is 0. The summed E-state index contributed by atoms with van der Waals surface area (Å²) in [6.45, 7) is 13.5. The van der Waals surface area contributed by atoms with E-state index < -0.39 is 17.2 Å². The number of ether oxygens (including phenoxy) is 1. The maximum Gasteiger partial charge on any atom is 0.345 e. The van der Waals surface area contributed by atoms with Crippen molar-refractivity contribution in [2.24, 2.45) is 5.92 Å². The average molecular weight is 375 g/mol. The van der Waals surface area contributed by atoms with Crippen LogP contribution in [0.25, 0.3) is 0 Å². The number of carboxylic acids is 1. The van der Waals surface area contributed by atoms with Crippen molar-refractivity contribution >= 4 is 11.9 Å². The molecule has 1 fully saturated rings. The van der Waals surface area contributed by atoms with Crippen LogP contribution in [-0.2, 0) is 24.1 Å². The van der Waals surface area contributed by atoms with Crippen LogP contribution in [0, 0.1) is 5.92 Å². The molecule has 0 saturated carbocycles. The largest absolute Gasteiger partial charge is 0.481 e. The van der Waals surface area contributed by atoms with Crippen LogP contribution >= 0.6 is 0 Å². The van der Waals surface area contributed by atoms with Crippen molar-refractivity contribution < 1.29 is 29.2 Å². The molecule has 0 aromatic carbocycles. The molecule has 0 aromatic heterocycles. The zero-order valence-corrected chi connectivity index (χ0v) is 17.6. The standard InChI is InChI=1S/C12H22O4.C8H16O2/c1-6-8-9-12(7-2,16-15-9)10(13)14-11(3,4)5;1-3-5-6-7(4-2)8(9)10/h9H,6-8H2,1-5H3;7H,3-6H2,1-2H3,(H,9,10). The van der Waals surface area contributed by atoms with Gasteiger partial charge in [-0.3, -0.25) is 4.79 Å². The molecular weight excluding hydrogens is 336 g/mol. The van der Waals surface area contributed by atoms with Crippen molar-refractivity contribution in [3.63, 3.8) is 0 Å². The molecule has 3 atom stereocenters. The highest BCUT2D eigenvalue weighted by Crippen LogP contribution is 2.38. The number of rotatable bonds is 9. The number of hydrogen-bond acceptors (Lipinski definition) is 5. The van der Waals surface area contributed by atoms with Crippen LogP contribution in [0.3, 0.4) is 0 Å². The Kier molecular flexibility index (Phi) is 11.0. The number of hydrogen-bond donors (Lipinski definition) is 1. The number of carbonyl (C=O) groups is 2. The van der Waals surface area contributed by atoms with Gasteiger partial charge in [0.2, 0.25) is 5.60 Å². The first kappa shape index (κ1) is 24.9. The molecule has 1 aliphatic rings. The van der Waals surface area contributed by atoms with E-state index in [0.717, 1.165) is 38.5 Å². The third-order valence-electron chi connectivity index (χ3n) is 4.40. The van der Waals surface area contributed by atoms with Gasteiger partial charge in [0.1, 0.15) is 11.7 Å². The van der Waals surface area contributed by atoms with E-state index in [1.165, 1.54) is 0 Å². The van der Waals surface area contributed by atoms with E-state index in [9.17, 15) is 9.59 Å². The van der Waals surface area contributed by atoms with Crippen molar-refractivity contribution in [1.82, 2.24) is 0 Å². The molecule has 1 rings (SSSR count). The lowest BCUT2D eigenvalue weighted by Crippen LogP contribution is -2.62. The summed E-state index contributed by atoms with van der Waals surface area (Å²) >= 11 is 0. The normalized spacial score (nSPS) is 23.3. The van der Waals surface area contributed by atoms with E-state index >= 15 is 0 Å². The van der Waals surface area contributed by atoms with Crippen LogP contribution in [0.5, 0.6) is 0 Å². The van der Waals surface area contributed by atoms with E-state index in [4.69, 9.17) is 19.6 Å². The van der Waals surface area contributed by atoms with Gasteiger partial charge in [-0.25, -0.2) is 14.6 Å². The van der Waals surface area contributed by atoms with Gasteiger partial charge < -0.3 is 9.84 Å². The minimum atomic E-state index is -0.886. The second-order valence-electron chi connectivity index (χ2n) is 7.79. The highest BCUT2D eigenvalue weighted by molar-refractivity contribution is 5.81. The van der Waals surface area contributed by atoms with Gasteiger partial charge in [0, 0.05) is 0 Å². The van der Waals surface area contributed by atoms with Crippen molar-refractivity contribution in [3.8, 4) is 0 Å². The number of unbranched alkanes of at least 4 members (excludes halogenated alkanes) is 1. The van der Waals surface area contributed by atoms with E-state index in [2.05, 4.69) is 13.8 Å². The molecule has 154 valence electrons. The van der Waals surface area contributed by atoms with Crippen LogP contribution in [0.1, 0.15) is 93.4 Å². The van der Waals surface area contributed by atoms with Crippen LogP contribution in [0.2, 0.25) is 0 Å². The lowest BCUT2D eigenvalue weighted by atomic mass is 9.89. The molecule has 0 aromatic rings. The van der Waals surface area contributed by atoms with E-state index in [0.29, 0.717) is 6.42 Å². The fourth-order valence-electron chi connectivity index (χ4n) is 2.69. The summed E-state index contributed by atoms with van der Waals surface area (Å²) in [6.07, 6.45) is 5.89. The minimum Gasteiger partial charge on any atom is -0.481 e. The Balaban J connectivity index is 0.000000541. The number of aliphatic carboxylic acids is 1. The Bertz CT molecular complexity index is 425. The molecule has 0 amide bonds. The molecule has 6 nitrogen and oxygen atoms in total. The van der Waals surface area contributed by atoms with Crippen molar-refractivity contribution in [1.29, 1.82) is 0 Å². The fraction of sp³-hybridized carbons (Fsp3) is 0.900. The van der Waals surface area contributed by atoms with Crippen LogP contribution in [-0.4, -0.2) is 34.4 Å². The first-order valence-corrected chi connectivity index (χ1v) is 9.88. The third-order valence-corrected chi connectivity index (χ3v) is 4.40. The van der Waals surface area contributed by atoms with Gasteiger partial charge in [-0.1, -0.05) is 47.0 Å². The van der Waals surface area contributed by atoms with E-state index in [-0.39, 0.29) is 18.0 Å². The fourth-order valence-corrected chi connectivity index (χ4v) is 2.69. The molecule has 0 aliphatic carbocycles. The maximum atomic E-state index is 12.1. The molecule has 1 heterocycles. The average Bonchev–Trinajstić information content (AvgIpc) is 2.52. The summed E-state index contributed by atoms with van der Waals surface area (Å²) in [5.74, 6) is -1.07. The zero-order chi connectivity index (χ0) is 20.4. The predicted molar refractivity (Wildman–Crippen MR) is 101 cm³/mol. The van der Waals surface area contributed by atoms with Crippen molar-refractivity contribution in [2.75, 3.05) is 0 Å². The minimum absolute atomic E-state index is 0.111. The SMILES string of the molecule is CCCC1OOC1(CC)C(=O)OC(C)(C)C.CCCCC(CC)C(=O)O. The lowest BCUT2D eigenvalue weighted by molar-refractivity contribution is -0.499. The predicted octanol–water partition coefficient (Wildman–Crippen LogP) is 4.89. The highest BCUT2D eigenvalue weighted by atomic mass is 17.3. The first-order valence-electron chi connectivity index (χ1n) is 9.88. The summed E-state index contributed by atoms with van der Waals surface area (Å²) in [5.41, 5.74) is -1.38. The second kappa shape index (κ2) is 11.5. The van der Waals surface area contributed by atoms with E-state index in [1.807, 2.05) is 34.6 Å². The Labute approximate surface area is 158 Å². The maximum absolute atomic E-state index is 12.1. The monoisotopic (exact) mass is 374 g/mol. The quantitative estimate of drug-likeness (QED) is 0.457. The molecule has 0 bridgehead atoms. The molecule has 0 spiro atoms. The Hall–Kier alpha value is -1.14. The van der Waals surface area contributed by atoms with Crippen molar-refractivity contribution in [3.05, 3.63) is 0 Å². The second-order valence-corrected chi connectivity index (χ2v) is 7.79. The van der Waals surface area contributed by atoms with Gasteiger partial charge in [0.15, 0.2) is 0 Å². The first-order chi connectivity index (χ1) is 12.1. The van der Waals surface area contributed by atoms with Crippen LogP contribution < -0.4 is 0 Å². The van der Waals surface area contributed by atoms with Crippen LogP contribution in [0.4, 0.5) is 0 Å². The number of carbonyl (C=O) groups excluding carboxylic acids is 1. The topological polar surface area (TPSA) is 82.1 Å². The zero-order valence-electron chi connectivity index (χ0n) is 17.6. The Morgan fingerprint density at radius 2 is 1.77 bits per heavy atom. The van der Waals surface area contributed by atoms with Gasteiger partial charge in [-0.2, -0.15) is 0 Å². The molecule has 1 N–H and O–H groups in total. The molecule has 3 unspecified atom stereocenters. The number of carboxylic acid groups (broad SMARTS) is 1. The molecule has 1 aliphatic heterocycles. The molecule has 0 radical (unpaired) electrons. The highest BCUT2D eigenvalue weighted by Gasteiger charge is 2.57. The van der Waals surface area contributed by atoms with Gasteiger partial charge in [0.05, 0.1) is 5.92 Å². The molecule has 1 saturated heterocycles. The van der Waals surface area contributed by atoms with E-state index in [1.54, 1.807) is 0 Å². The van der Waals surface area contributed by atoms with Gasteiger partial charge in [-0.05, 0) is 46.5 Å². The number of esters is 1.